The van der Waals surface area contributed by atoms with Crippen molar-refractivity contribution in [3.63, 3.8) is 0 Å². The molecule has 2 rings (SSSR count). The number of para-hydroxylation sites is 1. The van der Waals surface area contributed by atoms with E-state index in [1.54, 1.807) is 7.11 Å². The van der Waals surface area contributed by atoms with Crippen molar-refractivity contribution in [1.82, 2.24) is 4.98 Å². The summed E-state index contributed by atoms with van der Waals surface area (Å²) in [5, 5.41) is 0. The molecule has 3 heteroatoms. The highest BCUT2D eigenvalue weighted by molar-refractivity contribution is 5.60. The van der Waals surface area contributed by atoms with E-state index < -0.39 is 0 Å². The molecule has 0 aliphatic heterocycles. The van der Waals surface area contributed by atoms with Crippen LogP contribution in [-0.2, 0) is 13.0 Å². The summed E-state index contributed by atoms with van der Waals surface area (Å²) in [6, 6.07) is 12.0. The second-order valence-corrected chi connectivity index (χ2v) is 4.37. The zero-order valence-electron chi connectivity index (χ0n) is 11.3. The lowest BCUT2D eigenvalue weighted by molar-refractivity contribution is 0.410. The molecule has 0 fully saturated rings. The van der Waals surface area contributed by atoms with Crippen LogP contribution in [0.4, 0.5) is 0 Å². The summed E-state index contributed by atoms with van der Waals surface area (Å²) >= 11 is 0. The largest absolute Gasteiger partial charge is 0.496 e. The number of rotatable bonds is 5. The molecular formula is C16H18N2O. The van der Waals surface area contributed by atoms with Crippen LogP contribution in [0.2, 0.25) is 0 Å². The normalized spacial score (nSPS) is 10.8. The average Bonchev–Trinajstić information content (AvgIpc) is 2.46. The van der Waals surface area contributed by atoms with Gasteiger partial charge in [0.1, 0.15) is 5.75 Å². The van der Waals surface area contributed by atoms with Crippen LogP contribution in [-0.4, -0.2) is 18.3 Å². The second kappa shape index (κ2) is 6.69. The molecule has 0 aliphatic rings. The van der Waals surface area contributed by atoms with Crippen molar-refractivity contribution in [3.05, 3.63) is 59.4 Å². The van der Waals surface area contributed by atoms with E-state index in [0.29, 0.717) is 6.54 Å². The van der Waals surface area contributed by atoms with Crippen molar-refractivity contribution in [2.75, 3.05) is 7.11 Å². The molecule has 0 amide bonds. The van der Waals surface area contributed by atoms with Crippen LogP contribution in [0, 0.1) is 6.92 Å². The molecule has 0 saturated carbocycles. The Balaban J connectivity index is 1.91. The Kier molecular flexibility index (Phi) is 4.67. The molecule has 2 aromatic rings. The van der Waals surface area contributed by atoms with Gasteiger partial charge in [-0.1, -0.05) is 24.3 Å². The summed E-state index contributed by atoms with van der Waals surface area (Å²) in [6.45, 7) is 2.67. The highest BCUT2D eigenvalue weighted by atomic mass is 16.5. The first-order valence-electron chi connectivity index (χ1n) is 6.31. The van der Waals surface area contributed by atoms with Crippen molar-refractivity contribution < 1.29 is 4.74 Å². The minimum Gasteiger partial charge on any atom is -0.496 e. The van der Waals surface area contributed by atoms with E-state index in [9.17, 15) is 0 Å². The fraction of sp³-hybridized carbons (Fsp3) is 0.250. The summed E-state index contributed by atoms with van der Waals surface area (Å²) in [6.07, 6.45) is 4.54. The number of aryl methyl sites for hydroxylation is 1. The van der Waals surface area contributed by atoms with Gasteiger partial charge in [-0.05, 0) is 24.6 Å². The van der Waals surface area contributed by atoms with Gasteiger partial charge >= 0.3 is 0 Å². The van der Waals surface area contributed by atoms with Crippen LogP contribution in [0.1, 0.15) is 16.8 Å². The quantitative estimate of drug-likeness (QED) is 0.768. The third-order valence-corrected chi connectivity index (χ3v) is 2.86. The van der Waals surface area contributed by atoms with Crippen LogP contribution in [0.3, 0.4) is 0 Å². The van der Waals surface area contributed by atoms with E-state index >= 15 is 0 Å². The van der Waals surface area contributed by atoms with E-state index in [1.807, 2.05) is 49.7 Å². The van der Waals surface area contributed by atoms with Crippen molar-refractivity contribution in [1.29, 1.82) is 0 Å². The van der Waals surface area contributed by atoms with Crippen LogP contribution in [0.15, 0.2) is 47.6 Å². The number of nitrogens with zero attached hydrogens (tertiary/aromatic N) is 2. The Hall–Kier alpha value is -2.16. The number of pyridine rings is 1. The maximum Gasteiger partial charge on any atom is 0.123 e. The van der Waals surface area contributed by atoms with E-state index in [0.717, 1.165) is 23.4 Å². The first kappa shape index (κ1) is 13.3. The Morgan fingerprint density at radius 1 is 1.21 bits per heavy atom. The van der Waals surface area contributed by atoms with Gasteiger partial charge in [-0.25, -0.2) is 0 Å². The van der Waals surface area contributed by atoms with Gasteiger partial charge in [-0.15, -0.1) is 0 Å². The number of benzene rings is 1. The molecule has 0 saturated heterocycles. The van der Waals surface area contributed by atoms with Crippen LogP contribution in [0.25, 0.3) is 0 Å². The summed E-state index contributed by atoms with van der Waals surface area (Å²) < 4.78 is 5.29. The summed E-state index contributed by atoms with van der Waals surface area (Å²) in [5.74, 6) is 0.883. The van der Waals surface area contributed by atoms with Crippen LogP contribution >= 0.6 is 0 Å². The lowest BCUT2D eigenvalue weighted by Crippen LogP contribution is -1.93. The van der Waals surface area contributed by atoms with Gasteiger partial charge in [-0.2, -0.15) is 0 Å². The fourth-order valence-corrected chi connectivity index (χ4v) is 1.77. The average molecular weight is 254 g/mol. The van der Waals surface area contributed by atoms with E-state index in [4.69, 9.17) is 4.74 Å². The molecule has 0 radical (unpaired) electrons. The maximum atomic E-state index is 5.29. The summed E-state index contributed by atoms with van der Waals surface area (Å²) in [5.41, 5.74) is 3.31. The molecule has 19 heavy (non-hydrogen) atoms. The highest BCUT2D eigenvalue weighted by Crippen LogP contribution is 2.17. The molecule has 1 aromatic heterocycles. The number of methoxy groups -OCH3 is 1. The SMILES string of the molecule is COc1ccccc1CN=CCc1ccc(C)cn1. The third-order valence-electron chi connectivity index (χ3n) is 2.86. The predicted octanol–water partition coefficient (Wildman–Crippen LogP) is 3.21. The standard InChI is InChI=1S/C16H18N2O/c1-13-7-8-15(18-11-13)9-10-17-12-14-5-3-4-6-16(14)19-2/h3-8,10-11H,9,12H2,1-2H3. The molecule has 0 spiro atoms. The summed E-state index contributed by atoms with van der Waals surface area (Å²) in [4.78, 5) is 8.76. The minimum absolute atomic E-state index is 0.635. The smallest absolute Gasteiger partial charge is 0.123 e. The van der Waals surface area contributed by atoms with Gasteiger partial charge in [0.15, 0.2) is 0 Å². The minimum atomic E-state index is 0.635. The molecule has 3 nitrogen and oxygen atoms in total. The van der Waals surface area contributed by atoms with Crippen molar-refractivity contribution in [3.8, 4) is 5.75 Å². The molecule has 1 aromatic carbocycles. The number of ether oxygens (including phenoxy) is 1. The van der Waals surface area contributed by atoms with Crippen molar-refractivity contribution in [2.24, 2.45) is 4.99 Å². The Morgan fingerprint density at radius 2 is 2.05 bits per heavy atom. The number of aliphatic imine (C=N–C) groups is 1. The number of hydrogen-bond acceptors (Lipinski definition) is 3. The van der Waals surface area contributed by atoms with Crippen molar-refractivity contribution in [2.45, 2.75) is 19.9 Å². The number of aromatic nitrogens is 1. The van der Waals surface area contributed by atoms with Gasteiger partial charge in [-0.3, -0.25) is 9.98 Å². The topological polar surface area (TPSA) is 34.5 Å². The molecule has 0 N–H and O–H groups in total. The molecule has 98 valence electrons. The monoisotopic (exact) mass is 254 g/mol. The van der Waals surface area contributed by atoms with Crippen LogP contribution in [0.5, 0.6) is 5.75 Å². The third kappa shape index (κ3) is 3.91. The second-order valence-electron chi connectivity index (χ2n) is 4.37. The lowest BCUT2D eigenvalue weighted by atomic mass is 10.2. The summed E-state index contributed by atoms with van der Waals surface area (Å²) in [7, 11) is 1.68. The van der Waals surface area contributed by atoms with E-state index in [1.165, 1.54) is 5.56 Å². The molecule has 0 aliphatic carbocycles. The van der Waals surface area contributed by atoms with Gasteiger partial charge in [0, 0.05) is 30.1 Å². The molecule has 0 bridgehead atoms. The Morgan fingerprint density at radius 3 is 2.79 bits per heavy atom. The molecule has 0 unspecified atom stereocenters. The molecular weight excluding hydrogens is 236 g/mol. The molecule has 1 heterocycles. The highest BCUT2D eigenvalue weighted by Gasteiger charge is 1.98. The molecule has 0 atom stereocenters. The zero-order valence-corrected chi connectivity index (χ0v) is 11.3. The first-order chi connectivity index (χ1) is 9.29. The fourth-order valence-electron chi connectivity index (χ4n) is 1.77. The van der Waals surface area contributed by atoms with Crippen molar-refractivity contribution >= 4 is 6.21 Å². The number of hydrogen-bond donors (Lipinski definition) is 0. The van der Waals surface area contributed by atoms with Gasteiger partial charge < -0.3 is 4.74 Å². The van der Waals surface area contributed by atoms with Crippen LogP contribution < -0.4 is 4.74 Å². The maximum absolute atomic E-state index is 5.29. The predicted molar refractivity (Wildman–Crippen MR) is 77.9 cm³/mol. The Labute approximate surface area is 114 Å². The lowest BCUT2D eigenvalue weighted by Gasteiger charge is -2.04. The Bertz CT molecular complexity index is 547. The van der Waals surface area contributed by atoms with Gasteiger partial charge in [0.25, 0.3) is 0 Å². The van der Waals surface area contributed by atoms with E-state index in [2.05, 4.69) is 16.0 Å². The zero-order chi connectivity index (χ0) is 13.5. The van der Waals surface area contributed by atoms with E-state index in [-0.39, 0.29) is 0 Å². The van der Waals surface area contributed by atoms with Gasteiger partial charge in [0.05, 0.1) is 13.7 Å². The first-order valence-corrected chi connectivity index (χ1v) is 6.31. The van der Waals surface area contributed by atoms with Gasteiger partial charge in [0.2, 0.25) is 0 Å².